The molecule has 2 atom stereocenters. The van der Waals surface area contributed by atoms with E-state index in [0.717, 1.165) is 4.90 Å². The lowest BCUT2D eigenvalue weighted by atomic mass is 9.86. The van der Waals surface area contributed by atoms with E-state index in [0.29, 0.717) is 24.2 Å². The first-order valence-corrected chi connectivity index (χ1v) is 11.2. The lowest BCUT2D eigenvalue weighted by Gasteiger charge is -2.25. The Morgan fingerprint density at radius 2 is 1.88 bits per heavy atom. The Hall–Kier alpha value is -2.98. The molecular formula is C23H30F3N3O5. The average Bonchev–Trinajstić information content (AvgIpc) is 3.31. The molecule has 0 radical (unpaired) electrons. The third-order valence-corrected chi connectivity index (χ3v) is 5.91. The molecule has 188 valence electrons. The molecule has 1 N–H and O–H groups in total. The van der Waals surface area contributed by atoms with Crippen LogP contribution in [0.15, 0.2) is 24.3 Å². The van der Waals surface area contributed by atoms with Crippen molar-refractivity contribution in [2.75, 3.05) is 37.6 Å². The van der Waals surface area contributed by atoms with Crippen LogP contribution >= 0.6 is 0 Å². The molecule has 34 heavy (non-hydrogen) atoms. The largest absolute Gasteiger partial charge is 0.481 e. The van der Waals surface area contributed by atoms with Gasteiger partial charge in [-0.05, 0) is 57.2 Å². The SMILES string of the molecule is CC(C)(C)OC(=O)N1CC[C@H]([C@H](Cc2cccc(N3CCN(CC(F)(F)F)C3=O)c2)C(=O)O)C1. The zero-order valence-corrected chi connectivity index (χ0v) is 19.5. The molecule has 2 saturated heterocycles. The van der Waals surface area contributed by atoms with Crippen molar-refractivity contribution in [2.24, 2.45) is 11.8 Å². The molecule has 0 saturated carbocycles. The fourth-order valence-corrected chi connectivity index (χ4v) is 4.35. The van der Waals surface area contributed by atoms with E-state index in [2.05, 4.69) is 0 Å². The Morgan fingerprint density at radius 3 is 2.50 bits per heavy atom. The second-order valence-corrected chi connectivity index (χ2v) is 9.76. The number of benzene rings is 1. The topological polar surface area (TPSA) is 90.4 Å². The van der Waals surface area contributed by atoms with Crippen molar-refractivity contribution in [3.63, 3.8) is 0 Å². The zero-order chi connectivity index (χ0) is 25.3. The van der Waals surface area contributed by atoms with E-state index in [1.807, 2.05) is 0 Å². The Labute approximate surface area is 196 Å². The number of urea groups is 1. The van der Waals surface area contributed by atoms with Gasteiger partial charge in [0.15, 0.2) is 0 Å². The van der Waals surface area contributed by atoms with Crippen molar-refractivity contribution in [1.82, 2.24) is 9.80 Å². The van der Waals surface area contributed by atoms with Crippen LogP contribution in [0.3, 0.4) is 0 Å². The predicted molar refractivity (Wildman–Crippen MR) is 118 cm³/mol. The van der Waals surface area contributed by atoms with Gasteiger partial charge in [0, 0.05) is 31.9 Å². The number of carboxylic acids is 1. The van der Waals surface area contributed by atoms with Crippen LogP contribution in [-0.4, -0.2) is 77.5 Å². The molecule has 0 aliphatic carbocycles. The van der Waals surface area contributed by atoms with Gasteiger partial charge in [0.1, 0.15) is 12.1 Å². The number of carboxylic acid groups (broad SMARTS) is 1. The number of carbonyl (C=O) groups excluding carboxylic acids is 2. The number of hydrogen-bond donors (Lipinski definition) is 1. The number of carbonyl (C=O) groups is 3. The minimum Gasteiger partial charge on any atom is -0.481 e. The molecule has 3 rings (SSSR count). The number of nitrogens with zero attached hydrogens (tertiary/aromatic N) is 3. The third kappa shape index (κ3) is 6.54. The maximum atomic E-state index is 12.7. The molecule has 2 aliphatic heterocycles. The fourth-order valence-electron chi connectivity index (χ4n) is 4.35. The molecule has 2 fully saturated rings. The van der Waals surface area contributed by atoms with Gasteiger partial charge in [-0.2, -0.15) is 13.2 Å². The smallest absolute Gasteiger partial charge is 0.410 e. The van der Waals surface area contributed by atoms with E-state index >= 15 is 0 Å². The first-order chi connectivity index (χ1) is 15.7. The predicted octanol–water partition coefficient (Wildman–Crippen LogP) is 3.99. The molecule has 1 aromatic carbocycles. The quantitative estimate of drug-likeness (QED) is 0.658. The maximum Gasteiger partial charge on any atom is 0.410 e. The molecular weight excluding hydrogens is 455 g/mol. The fraction of sp³-hybridized carbons (Fsp3) is 0.609. The zero-order valence-electron chi connectivity index (χ0n) is 19.5. The van der Waals surface area contributed by atoms with Crippen molar-refractivity contribution in [3.8, 4) is 0 Å². The molecule has 0 bridgehead atoms. The van der Waals surface area contributed by atoms with Crippen molar-refractivity contribution < 1.29 is 37.4 Å². The summed E-state index contributed by atoms with van der Waals surface area (Å²) in [5, 5.41) is 9.86. The van der Waals surface area contributed by atoms with Crippen LogP contribution in [-0.2, 0) is 16.0 Å². The van der Waals surface area contributed by atoms with Gasteiger partial charge >= 0.3 is 24.3 Å². The van der Waals surface area contributed by atoms with Gasteiger partial charge in [-0.3, -0.25) is 9.69 Å². The van der Waals surface area contributed by atoms with Gasteiger partial charge in [0.05, 0.1) is 5.92 Å². The Kier molecular flexibility index (Phi) is 7.32. The average molecular weight is 486 g/mol. The van der Waals surface area contributed by atoms with Crippen molar-refractivity contribution in [3.05, 3.63) is 29.8 Å². The lowest BCUT2D eigenvalue weighted by molar-refractivity contribution is -0.143. The molecule has 8 nitrogen and oxygen atoms in total. The monoisotopic (exact) mass is 485 g/mol. The van der Waals surface area contributed by atoms with Crippen LogP contribution < -0.4 is 4.90 Å². The van der Waals surface area contributed by atoms with Crippen LogP contribution in [0.5, 0.6) is 0 Å². The molecule has 11 heteroatoms. The summed E-state index contributed by atoms with van der Waals surface area (Å²) >= 11 is 0. The normalized spacial score (nSPS) is 20.1. The standard InChI is InChI=1S/C23H30F3N3O5/c1-22(2,3)34-21(33)27-8-7-16(13-27)18(19(30)31)12-15-5-4-6-17(11-15)29-10-9-28(20(29)32)14-23(24,25)26/h4-6,11,16,18H,7-10,12-14H2,1-3H3,(H,30,31)/t16-,18-/m0/s1. The van der Waals surface area contributed by atoms with Crippen molar-refractivity contribution >= 4 is 23.8 Å². The van der Waals surface area contributed by atoms with Crippen LogP contribution in [0.25, 0.3) is 0 Å². The lowest BCUT2D eigenvalue weighted by Crippen LogP contribution is -2.38. The number of rotatable bonds is 6. The van der Waals surface area contributed by atoms with Crippen LogP contribution in [0.4, 0.5) is 28.4 Å². The van der Waals surface area contributed by atoms with E-state index in [-0.39, 0.29) is 32.0 Å². The Balaban J connectivity index is 1.67. The Morgan fingerprint density at radius 1 is 1.18 bits per heavy atom. The molecule has 2 aliphatic rings. The second kappa shape index (κ2) is 9.71. The van der Waals surface area contributed by atoms with Crippen LogP contribution in [0, 0.1) is 11.8 Å². The van der Waals surface area contributed by atoms with Gasteiger partial charge in [-0.25, -0.2) is 9.59 Å². The number of alkyl halides is 3. The number of aliphatic carboxylic acids is 1. The summed E-state index contributed by atoms with van der Waals surface area (Å²) in [7, 11) is 0. The van der Waals surface area contributed by atoms with Gasteiger partial charge in [-0.15, -0.1) is 0 Å². The summed E-state index contributed by atoms with van der Waals surface area (Å²) < 4.78 is 43.5. The summed E-state index contributed by atoms with van der Waals surface area (Å²) in [6.07, 6.45) is -4.26. The summed E-state index contributed by atoms with van der Waals surface area (Å²) in [6, 6.07) is 5.92. The number of ether oxygens (including phenoxy) is 1. The highest BCUT2D eigenvalue weighted by Gasteiger charge is 2.39. The van der Waals surface area contributed by atoms with E-state index in [1.165, 1.54) is 9.80 Å². The number of amides is 3. The minimum absolute atomic E-state index is 0.0388. The van der Waals surface area contributed by atoms with Gasteiger partial charge in [0.25, 0.3) is 0 Å². The Bertz CT molecular complexity index is 931. The highest BCUT2D eigenvalue weighted by molar-refractivity contribution is 5.94. The first-order valence-electron chi connectivity index (χ1n) is 11.2. The molecule has 2 heterocycles. The number of halogens is 3. The molecule has 1 aromatic rings. The van der Waals surface area contributed by atoms with Crippen molar-refractivity contribution in [1.29, 1.82) is 0 Å². The van der Waals surface area contributed by atoms with Gasteiger partial charge in [0.2, 0.25) is 0 Å². The third-order valence-electron chi connectivity index (χ3n) is 5.91. The summed E-state index contributed by atoms with van der Waals surface area (Å²) in [5.74, 6) is -2.03. The highest BCUT2D eigenvalue weighted by Crippen LogP contribution is 2.30. The van der Waals surface area contributed by atoms with Crippen LogP contribution in [0.1, 0.15) is 32.8 Å². The first kappa shape index (κ1) is 25.6. The number of likely N-dealkylation sites (tertiary alicyclic amines) is 1. The van der Waals surface area contributed by atoms with Gasteiger partial charge < -0.3 is 19.6 Å². The van der Waals surface area contributed by atoms with E-state index < -0.39 is 42.3 Å². The number of hydrogen-bond acceptors (Lipinski definition) is 4. The maximum absolute atomic E-state index is 12.7. The minimum atomic E-state index is -4.48. The van der Waals surface area contributed by atoms with Gasteiger partial charge in [-0.1, -0.05) is 12.1 Å². The summed E-state index contributed by atoms with van der Waals surface area (Å²) in [5.41, 5.74) is 0.436. The summed E-state index contributed by atoms with van der Waals surface area (Å²) in [6.45, 7) is 4.73. The molecule has 3 amide bonds. The van der Waals surface area contributed by atoms with Crippen LogP contribution in [0.2, 0.25) is 0 Å². The number of anilines is 1. The summed E-state index contributed by atoms with van der Waals surface area (Å²) in [4.78, 5) is 40.4. The van der Waals surface area contributed by atoms with E-state index in [4.69, 9.17) is 4.74 Å². The molecule has 0 spiro atoms. The van der Waals surface area contributed by atoms with Crippen molar-refractivity contribution in [2.45, 2.75) is 45.4 Å². The highest BCUT2D eigenvalue weighted by atomic mass is 19.4. The molecule has 0 aromatic heterocycles. The van der Waals surface area contributed by atoms with E-state index in [1.54, 1.807) is 45.0 Å². The molecule has 0 unspecified atom stereocenters. The second-order valence-electron chi connectivity index (χ2n) is 9.76. The van der Waals surface area contributed by atoms with E-state index in [9.17, 15) is 32.7 Å².